The van der Waals surface area contributed by atoms with Crippen molar-refractivity contribution in [3.8, 4) is 17.2 Å². The molecule has 0 heterocycles. The molecule has 0 saturated heterocycles. The molecule has 0 spiro atoms. The number of phosphoric ester groups is 1. The molecule has 3 aromatic carbocycles. The molecule has 0 saturated carbocycles. The van der Waals surface area contributed by atoms with Gasteiger partial charge in [-0.05, 0) is 42.8 Å². The van der Waals surface area contributed by atoms with E-state index in [1.165, 1.54) is 24.3 Å². The highest BCUT2D eigenvalue weighted by Crippen LogP contribution is 2.50. The molecule has 0 aromatic heterocycles. The van der Waals surface area contributed by atoms with Gasteiger partial charge in [0, 0.05) is 12.1 Å². The van der Waals surface area contributed by atoms with Crippen molar-refractivity contribution in [1.82, 2.24) is 0 Å². The molecule has 0 radical (unpaired) electrons. The molecule has 140 valence electrons. The SMILES string of the molecule is Cc1ccc(OP(=O)(Oc2ccccc2)Oc2ccc(F)c(F)c2)cc1F. The summed E-state index contributed by atoms with van der Waals surface area (Å²) >= 11 is 0. The Balaban J connectivity index is 1.93. The zero-order chi connectivity index (χ0) is 19.4. The minimum absolute atomic E-state index is 0.111. The summed E-state index contributed by atoms with van der Waals surface area (Å²) in [6, 6.07) is 14.4. The summed E-state index contributed by atoms with van der Waals surface area (Å²) in [5.74, 6) is -3.11. The Morgan fingerprint density at radius 3 is 1.81 bits per heavy atom. The monoisotopic (exact) mass is 394 g/mol. The molecule has 0 N–H and O–H groups in total. The van der Waals surface area contributed by atoms with E-state index in [-0.39, 0.29) is 17.2 Å². The Morgan fingerprint density at radius 1 is 0.667 bits per heavy atom. The lowest BCUT2D eigenvalue weighted by Crippen LogP contribution is -2.08. The minimum atomic E-state index is -4.41. The predicted octanol–water partition coefficient (Wildman–Crippen LogP) is 6.06. The van der Waals surface area contributed by atoms with Gasteiger partial charge in [-0.15, -0.1) is 0 Å². The number of benzene rings is 3. The van der Waals surface area contributed by atoms with Gasteiger partial charge in [-0.1, -0.05) is 24.3 Å². The third-order valence-electron chi connectivity index (χ3n) is 3.43. The standard InChI is InChI=1S/C19H14F3O4P/c1-13-7-8-15(11-18(13)21)25-27(23,24-14-5-3-2-4-6-14)26-16-9-10-17(20)19(22)12-16/h2-12H,1H3. The average molecular weight is 394 g/mol. The van der Waals surface area contributed by atoms with Crippen LogP contribution in [0.25, 0.3) is 0 Å². The molecule has 0 aliphatic rings. The van der Waals surface area contributed by atoms with Gasteiger partial charge >= 0.3 is 7.82 Å². The van der Waals surface area contributed by atoms with Crippen molar-refractivity contribution in [3.05, 3.63) is 89.7 Å². The Kier molecular flexibility index (Phi) is 5.42. The Morgan fingerprint density at radius 2 is 1.22 bits per heavy atom. The van der Waals surface area contributed by atoms with Gasteiger partial charge < -0.3 is 13.6 Å². The quantitative estimate of drug-likeness (QED) is 0.477. The van der Waals surface area contributed by atoms with E-state index in [9.17, 15) is 17.7 Å². The zero-order valence-electron chi connectivity index (χ0n) is 14.1. The van der Waals surface area contributed by atoms with E-state index in [1.54, 1.807) is 25.1 Å². The van der Waals surface area contributed by atoms with Gasteiger partial charge in [0.1, 0.15) is 23.1 Å². The van der Waals surface area contributed by atoms with Crippen molar-refractivity contribution in [2.45, 2.75) is 6.92 Å². The van der Waals surface area contributed by atoms with Crippen molar-refractivity contribution in [1.29, 1.82) is 0 Å². The fourth-order valence-electron chi connectivity index (χ4n) is 2.09. The van der Waals surface area contributed by atoms with Crippen LogP contribution in [0, 0.1) is 24.4 Å². The second kappa shape index (κ2) is 7.76. The molecular weight excluding hydrogens is 380 g/mol. The number of para-hydroxylation sites is 1. The first-order chi connectivity index (χ1) is 12.8. The van der Waals surface area contributed by atoms with Crippen LogP contribution in [0.5, 0.6) is 17.2 Å². The van der Waals surface area contributed by atoms with E-state index in [1.807, 2.05) is 0 Å². The maximum atomic E-state index is 13.8. The van der Waals surface area contributed by atoms with Crippen LogP contribution in [0.3, 0.4) is 0 Å². The maximum absolute atomic E-state index is 13.8. The van der Waals surface area contributed by atoms with Crippen LogP contribution < -0.4 is 13.6 Å². The number of phosphoric acid groups is 1. The molecule has 0 aliphatic heterocycles. The first-order valence-corrected chi connectivity index (χ1v) is 9.26. The smallest absolute Gasteiger partial charge is 0.386 e. The van der Waals surface area contributed by atoms with Gasteiger partial charge in [0.25, 0.3) is 0 Å². The summed E-state index contributed by atoms with van der Waals surface area (Å²) in [6.45, 7) is 1.55. The third kappa shape index (κ3) is 4.83. The highest BCUT2D eigenvalue weighted by atomic mass is 31.2. The molecule has 0 amide bonds. The van der Waals surface area contributed by atoms with Crippen molar-refractivity contribution in [2.24, 2.45) is 0 Å². The summed E-state index contributed by atoms with van der Waals surface area (Å²) in [6.07, 6.45) is 0. The van der Waals surface area contributed by atoms with Crippen LogP contribution in [-0.4, -0.2) is 0 Å². The van der Waals surface area contributed by atoms with Gasteiger partial charge in [0.15, 0.2) is 11.6 Å². The molecule has 1 atom stereocenters. The summed E-state index contributed by atoms with van der Waals surface area (Å²) in [7, 11) is -4.41. The number of hydrogen-bond acceptors (Lipinski definition) is 4. The zero-order valence-corrected chi connectivity index (χ0v) is 15.0. The van der Waals surface area contributed by atoms with E-state index in [0.717, 1.165) is 18.2 Å². The number of halogens is 3. The minimum Gasteiger partial charge on any atom is -0.386 e. The summed E-state index contributed by atoms with van der Waals surface area (Å²) in [5, 5.41) is 0. The van der Waals surface area contributed by atoms with Gasteiger partial charge in [0.05, 0.1) is 0 Å². The lowest BCUT2D eigenvalue weighted by molar-refractivity contribution is 0.297. The van der Waals surface area contributed by atoms with Crippen LogP contribution in [0.1, 0.15) is 5.56 Å². The van der Waals surface area contributed by atoms with E-state index in [0.29, 0.717) is 11.6 Å². The molecule has 27 heavy (non-hydrogen) atoms. The average Bonchev–Trinajstić information content (AvgIpc) is 2.62. The highest BCUT2D eigenvalue weighted by molar-refractivity contribution is 7.49. The Bertz CT molecular complexity index is 938. The molecule has 3 rings (SSSR count). The summed E-state index contributed by atoms with van der Waals surface area (Å²) in [4.78, 5) is 0. The fraction of sp³-hybridized carbons (Fsp3) is 0.0526. The van der Waals surface area contributed by atoms with Gasteiger partial charge in [-0.3, -0.25) is 0 Å². The first kappa shape index (κ1) is 18.9. The van der Waals surface area contributed by atoms with Crippen molar-refractivity contribution in [3.63, 3.8) is 0 Å². The second-order valence-electron chi connectivity index (χ2n) is 5.52. The number of hydrogen-bond donors (Lipinski definition) is 0. The van der Waals surface area contributed by atoms with Crippen LogP contribution in [-0.2, 0) is 4.57 Å². The molecule has 8 heteroatoms. The number of aryl methyl sites for hydroxylation is 1. The molecular formula is C19H14F3O4P. The highest BCUT2D eigenvalue weighted by Gasteiger charge is 2.33. The molecule has 0 fully saturated rings. The number of rotatable bonds is 6. The lowest BCUT2D eigenvalue weighted by Gasteiger charge is -2.19. The van der Waals surface area contributed by atoms with Gasteiger partial charge in [-0.2, -0.15) is 4.57 Å². The Labute approximate surface area is 153 Å². The lowest BCUT2D eigenvalue weighted by atomic mass is 10.2. The Hall–Kier alpha value is -2.92. The molecule has 3 aromatic rings. The molecule has 0 bridgehead atoms. The second-order valence-corrected chi connectivity index (χ2v) is 6.96. The first-order valence-electron chi connectivity index (χ1n) is 7.80. The van der Waals surface area contributed by atoms with Crippen LogP contribution >= 0.6 is 7.82 Å². The maximum Gasteiger partial charge on any atom is 0.647 e. The van der Waals surface area contributed by atoms with Gasteiger partial charge in [-0.25, -0.2) is 13.2 Å². The molecule has 1 unspecified atom stereocenters. The van der Waals surface area contributed by atoms with E-state index in [4.69, 9.17) is 13.6 Å². The van der Waals surface area contributed by atoms with Crippen molar-refractivity contribution >= 4 is 7.82 Å². The van der Waals surface area contributed by atoms with Crippen molar-refractivity contribution in [2.75, 3.05) is 0 Å². The molecule has 4 nitrogen and oxygen atoms in total. The summed E-state index contributed by atoms with van der Waals surface area (Å²) < 4.78 is 69.2. The van der Waals surface area contributed by atoms with E-state index < -0.39 is 25.3 Å². The normalized spacial score (nSPS) is 12.9. The third-order valence-corrected chi connectivity index (χ3v) is 4.73. The van der Waals surface area contributed by atoms with Crippen LogP contribution in [0.15, 0.2) is 66.7 Å². The van der Waals surface area contributed by atoms with Gasteiger partial charge in [0.2, 0.25) is 0 Å². The van der Waals surface area contributed by atoms with E-state index >= 15 is 0 Å². The largest absolute Gasteiger partial charge is 0.647 e. The van der Waals surface area contributed by atoms with Crippen molar-refractivity contribution < 1.29 is 31.3 Å². The fourth-order valence-corrected chi connectivity index (χ4v) is 3.32. The predicted molar refractivity (Wildman–Crippen MR) is 93.4 cm³/mol. The topological polar surface area (TPSA) is 44.8 Å². The van der Waals surface area contributed by atoms with E-state index in [2.05, 4.69) is 0 Å². The summed E-state index contributed by atoms with van der Waals surface area (Å²) in [5.41, 5.74) is 0.364. The molecule has 0 aliphatic carbocycles. The van der Waals surface area contributed by atoms with Crippen LogP contribution in [0.4, 0.5) is 13.2 Å². The van der Waals surface area contributed by atoms with Crippen LogP contribution in [0.2, 0.25) is 0 Å².